The number of aryl methyl sites for hydroxylation is 1. The zero-order chi connectivity index (χ0) is 18.4. The first-order valence-corrected chi connectivity index (χ1v) is 9.09. The molecule has 0 aliphatic rings. The van der Waals surface area contributed by atoms with E-state index in [0.29, 0.717) is 11.4 Å². The number of Topliss-reactive ketones (excluding diaryl/α,β-unsaturated/α-hetero) is 1. The van der Waals surface area contributed by atoms with Gasteiger partial charge in [0.1, 0.15) is 5.82 Å². The molecule has 2 aromatic rings. The van der Waals surface area contributed by atoms with Crippen LogP contribution >= 0.6 is 0 Å². The molecular formula is C17H19N3O4S. The molecule has 0 saturated heterocycles. The summed E-state index contributed by atoms with van der Waals surface area (Å²) in [5.74, 6) is -0.0671. The highest BCUT2D eigenvalue weighted by Crippen LogP contribution is 2.11. The van der Waals surface area contributed by atoms with Crippen LogP contribution in [0.4, 0.5) is 5.82 Å². The van der Waals surface area contributed by atoms with E-state index in [1.165, 1.54) is 31.2 Å². The minimum Gasteiger partial charge on any atom is -0.311 e. The fourth-order valence-corrected chi connectivity index (χ4v) is 3.03. The second-order valence-electron chi connectivity index (χ2n) is 5.50. The number of nitrogens with zero attached hydrogens (tertiary/aromatic N) is 1. The van der Waals surface area contributed by atoms with Crippen molar-refractivity contribution in [3.63, 3.8) is 0 Å². The quantitative estimate of drug-likeness (QED) is 0.733. The molecule has 1 amide bonds. The Morgan fingerprint density at radius 3 is 2.32 bits per heavy atom. The molecule has 0 saturated carbocycles. The first-order valence-electron chi connectivity index (χ1n) is 7.61. The molecule has 8 heteroatoms. The Bertz CT molecular complexity index is 860. The molecule has 132 valence electrons. The Balaban J connectivity index is 1.88. The van der Waals surface area contributed by atoms with Gasteiger partial charge in [-0.3, -0.25) is 9.59 Å². The summed E-state index contributed by atoms with van der Waals surface area (Å²) in [5.41, 5.74) is 1.41. The number of ketones is 1. The number of hydrogen-bond donors (Lipinski definition) is 2. The first kappa shape index (κ1) is 18.8. The van der Waals surface area contributed by atoms with Gasteiger partial charge in [-0.15, -0.1) is 0 Å². The predicted molar refractivity (Wildman–Crippen MR) is 93.9 cm³/mol. The molecule has 2 rings (SSSR count). The van der Waals surface area contributed by atoms with Gasteiger partial charge >= 0.3 is 0 Å². The van der Waals surface area contributed by atoms with Crippen molar-refractivity contribution >= 4 is 27.5 Å². The normalized spacial score (nSPS) is 11.1. The summed E-state index contributed by atoms with van der Waals surface area (Å²) in [4.78, 5) is 27.1. The number of amides is 1. The molecule has 0 aliphatic carbocycles. The summed E-state index contributed by atoms with van der Waals surface area (Å²) in [5, 5.41) is 2.59. The van der Waals surface area contributed by atoms with Crippen molar-refractivity contribution in [1.29, 1.82) is 0 Å². The fraction of sp³-hybridized carbons (Fsp3) is 0.235. The maximum absolute atomic E-state index is 12.2. The van der Waals surface area contributed by atoms with Gasteiger partial charge < -0.3 is 5.32 Å². The molecule has 7 nitrogen and oxygen atoms in total. The Labute approximate surface area is 146 Å². The zero-order valence-corrected chi connectivity index (χ0v) is 14.8. The molecule has 1 heterocycles. The number of carbonyl (C=O) groups excluding carboxylic acids is 2. The van der Waals surface area contributed by atoms with Crippen LogP contribution in [0.5, 0.6) is 0 Å². The highest BCUT2D eigenvalue weighted by atomic mass is 32.2. The number of sulfonamides is 1. The summed E-state index contributed by atoms with van der Waals surface area (Å²) in [6.45, 7) is 3.24. The van der Waals surface area contributed by atoms with Crippen molar-refractivity contribution in [2.24, 2.45) is 0 Å². The van der Waals surface area contributed by atoms with Crippen LogP contribution in [0.15, 0.2) is 47.5 Å². The Kier molecular flexibility index (Phi) is 6.00. The molecule has 0 aliphatic heterocycles. The first-order chi connectivity index (χ1) is 11.8. The average molecular weight is 361 g/mol. The topological polar surface area (TPSA) is 105 Å². The summed E-state index contributed by atoms with van der Waals surface area (Å²) in [7, 11) is -3.73. The van der Waals surface area contributed by atoms with Crippen LogP contribution in [0.2, 0.25) is 0 Å². The van der Waals surface area contributed by atoms with E-state index in [9.17, 15) is 18.0 Å². The largest absolute Gasteiger partial charge is 0.311 e. The number of rotatable bonds is 7. The van der Waals surface area contributed by atoms with Gasteiger partial charge in [0.15, 0.2) is 5.78 Å². The summed E-state index contributed by atoms with van der Waals surface area (Å²) in [6.07, 6.45) is 1.60. The van der Waals surface area contributed by atoms with Crippen molar-refractivity contribution in [3.05, 3.63) is 53.7 Å². The van der Waals surface area contributed by atoms with Gasteiger partial charge in [0.25, 0.3) is 0 Å². The average Bonchev–Trinajstić information content (AvgIpc) is 2.57. The fourth-order valence-electron chi connectivity index (χ4n) is 2.00. The minimum atomic E-state index is -3.73. The number of carbonyl (C=O) groups is 2. The Morgan fingerprint density at radius 1 is 1.08 bits per heavy atom. The van der Waals surface area contributed by atoms with E-state index in [4.69, 9.17) is 0 Å². The standard InChI is InChI=1S/C17H19N3O4S/c1-12-3-8-16(18-11-12)20-17(22)9-10-19-25(23,24)15-6-4-14(5-7-15)13(2)21/h3-8,11,19H,9-10H2,1-2H3,(H,18,20,22). The van der Waals surface area contributed by atoms with Crippen molar-refractivity contribution in [2.45, 2.75) is 25.2 Å². The summed E-state index contributed by atoms with van der Waals surface area (Å²) >= 11 is 0. The Morgan fingerprint density at radius 2 is 1.76 bits per heavy atom. The highest BCUT2D eigenvalue weighted by molar-refractivity contribution is 7.89. The maximum Gasteiger partial charge on any atom is 0.240 e. The van der Waals surface area contributed by atoms with E-state index >= 15 is 0 Å². The van der Waals surface area contributed by atoms with E-state index in [2.05, 4.69) is 15.0 Å². The molecule has 1 aromatic heterocycles. The van der Waals surface area contributed by atoms with Crippen LogP contribution < -0.4 is 10.0 Å². The lowest BCUT2D eigenvalue weighted by molar-refractivity contribution is -0.116. The number of hydrogen-bond acceptors (Lipinski definition) is 5. The van der Waals surface area contributed by atoms with Crippen molar-refractivity contribution in [2.75, 3.05) is 11.9 Å². The van der Waals surface area contributed by atoms with Crippen molar-refractivity contribution < 1.29 is 18.0 Å². The van der Waals surface area contributed by atoms with Crippen LogP contribution in [-0.4, -0.2) is 31.6 Å². The molecule has 0 fully saturated rings. The Hall–Kier alpha value is -2.58. The van der Waals surface area contributed by atoms with Gasteiger partial charge in [-0.25, -0.2) is 18.1 Å². The summed E-state index contributed by atoms with van der Waals surface area (Å²) < 4.78 is 26.7. The molecule has 2 N–H and O–H groups in total. The van der Waals surface area contributed by atoms with Crippen LogP contribution in [0.3, 0.4) is 0 Å². The third-order valence-electron chi connectivity index (χ3n) is 3.39. The molecule has 0 unspecified atom stereocenters. The van der Waals surface area contributed by atoms with Gasteiger partial charge in [0.05, 0.1) is 4.90 Å². The van der Waals surface area contributed by atoms with E-state index in [1.807, 2.05) is 13.0 Å². The van der Waals surface area contributed by atoms with Gasteiger partial charge in [-0.2, -0.15) is 0 Å². The SMILES string of the molecule is CC(=O)c1ccc(S(=O)(=O)NCCC(=O)Nc2ccc(C)cn2)cc1. The zero-order valence-electron chi connectivity index (χ0n) is 13.9. The van der Waals surface area contributed by atoms with Crippen molar-refractivity contribution in [3.8, 4) is 0 Å². The maximum atomic E-state index is 12.2. The highest BCUT2D eigenvalue weighted by Gasteiger charge is 2.14. The number of anilines is 1. The van der Waals surface area contributed by atoms with Gasteiger partial charge in [-0.05, 0) is 37.6 Å². The summed E-state index contributed by atoms with van der Waals surface area (Å²) in [6, 6.07) is 9.11. The second kappa shape index (κ2) is 8.00. The molecular weight excluding hydrogens is 342 g/mol. The van der Waals surface area contributed by atoms with Crippen LogP contribution in [-0.2, 0) is 14.8 Å². The molecule has 0 bridgehead atoms. The van der Waals surface area contributed by atoms with Gasteiger partial charge in [0.2, 0.25) is 15.9 Å². The lowest BCUT2D eigenvalue weighted by Gasteiger charge is -2.08. The van der Waals surface area contributed by atoms with E-state index in [1.54, 1.807) is 12.3 Å². The van der Waals surface area contributed by atoms with Crippen LogP contribution in [0.25, 0.3) is 0 Å². The monoisotopic (exact) mass is 361 g/mol. The second-order valence-corrected chi connectivity index (χ2v) is 7.26. The third kappa shape index (κ3) is 5.47. The van der Waals surface area contributed by atoms with Gasteiger partial charge in [0, 0.05) is 24.7 Å². The number of nitrogens with one attached hydrogen (secondary N) is 2. The van der Waals surface area contributed by atoms with E-state index in [0.717, 1.165) is 5.56 Å². The third-order valence-corrected chi connectivity index (χ3v) is 4.87. The molecule has 1 aromatic carbocycles. The van der Waals surface area contributed by atoms with Crippen molar-refractivity contribution in [1.82, 2.24) is 9.71 Å². The molecule has 0 spiro atoms. The number of aromatic nitrogens is 1. The lowest BCUT2D eigenvalue weighted by Crippen LogP contribution is -2.28. The number of benzene rings is 1. The number of pyridine rings is 1. The lowest BCUT2D eigenvalue weighted by atomic mass is 10.2. The smallest absolute Gasteiger partial charge is 0.240 e. The van der Waals surface area contributed by atoms with E-state index < -0.39 is 10.0 Å². The molecule has 25 heavy (non-hydrogen) atoms. The molecule has 0 radical (unpaired) electrons. The minimum absolute atomic E-state index is 0.0275. The van der Waals surface area contributed by atoms with Crippen LogP contribution in [0, 0.1) is 6.92 Å². The van der Waals surface area contributed by atoms with Gasteiger partial charge in [-0.1, -0.05) is 18.2 Å². The molecule has 0 atom stereocenters. The predicted octanol–water partition coefficient (Wildman–Crippen LogP) is 1.90. The van der Waals surface area contributed by atoms with Crippen LogP contribution in [0.1, 0.15) is 29.3 Å². The van der Waals surface area contributed by atoms with E-state index in [-0.39, 0.29) is 29.6 Å².